The molecule has 0 aliphatic heterocycles. The second-order valence-corrected chi connectivity index (χ2v) is 2.45. The number of hydrogen-bond acceptors (Lipinski definition) is 5. The van der Waals surface area contributed by atoms with Gasteiger partial charge in [-0.3, -0.25) is 4.55 Å². The summed E-state index contributed by atoms with van der Waals surface area (Å²) in [6, 6.07) is 0. The van der Waals surface area contributed by atoms with Crippen LogP contribution >= 0.6 is 0 Å². The molecule has 9 heteroatoms. The Bertz CT molecular complexity index is 287. The Kier molecular flexibility index (Phi) is 1.51. The van der Waals surface area contributed by atoms with Crippen LogP contribution in [-0.2, 0) is 10.3 Å². The zero-order chi connectivity index (χ0) is 7.61. The van der Waals surface area contributed by atoms with Crippen molar-refractivity contribution in [1.82, 2.24) is 20.3 Å². The van der Waals surface area contributed by atoms with E-state index in [0.29, 0.717) is 4.79 Å². The lowest BCUT2D eigenvalue weighted by molar-refractivity contribution is 0.480. The van der Waals surface area contributed by atoms with Gasteiger partial charge in [-0.05, 0) is 10.4 Å². The van der Waals surface area contributed by atoms with Crippen LogP contribution in [0.4, 0.5) is 0 Å². The number of rotatable bonds is 2. The number of tetrazole rings is 1. The third kappa shape index (κ3) is 1.95. The van der Waals surface area contributed by atoms with Gasteiger partial charge in [-0.15, -0.1) is 9.89 Å². The van der Waals surface area contributed by atoms with E-state index in [1.807, 2.05) is 0 Å². The molecular weight excluding hydrogens is 162 g/mol. The van der Waals surface area contributed by atoms with Crippen LogP contribution in [0.5, 0.6) is 0 Å². The average Bonchev–Trinajstić information content (AvgIpc) is 2.12. The maximum Gasteiger partial charge on any atom is 0.372 e. The van der Waals surface area contributed by atoms with E-state index in [0.717, 1.165) is 6.33 Å². The second-order valence-electron chi connectivity index (χ2n) is 1.32. The van der Waals surface area contributed by atoms with E-state index < -0.39 is 10.3 Å². The maximum atomic E-state index is 10.0. The van der Waals surface area contributed by atoms with Gasteiger partial charge in [-0.25, -0.2) is 0 Å². The minimum Gasteiger partial charge on any atom is -0.268 e. The van der Waals surface area contributed by atoms with Gasteiger partial charge < -0.3 is 0 Å². The molecule has 2 N–H and O–H groups in total. The maximum absolute atomic E-state index is 10.0. The summed E-state index contributed by atoms with van der Waals surface area (Å²) in [5.74, 6) is 0. The fraction of sp³-hybridized carbons (Fsp3) is 0. The molecule has 0 unspecified atom stereocenters. The van der Waals surface area contributed by atoms with Gasteiger partial charge in [0.1, 0.15) is 0 Å². The molecule has 0 saturated carbocycles. The third-order valence-corrected chi connectivity index (χ3v) is 0.976. The summed E-state index contributed by atoms with van der Waals surface area (Å²) in [7, 11) is -4.28. The van der Waals surface area contributed by atoms with Crippen LogP contribution < -0.4 is 4.83 Å². The molecule has 0 amide bonds. The Labute approximate surface area is 55.7 Å². The van der Waals surface area contributed by atoms with Crippen LogP contribution in [0.15, 0.2) is 6.33 Å². The molecule has 0 atom stereocenters. The summed E-state index contributed by atoms with van der Waals surface area (Å²) < 4.78 is 28.2. The van der Waals surface area contributed by atoms with Gasteiger partial charge >= 0.3 is 10.3 Å². The van der Waals surface area contributed by atoms with E-state index >= 15 is 0 Å². The molecule has 1 rings (SSSR count). The van der Waals surface area contributed by atoms with Crippen LogP contribution in [0.3, 0.4) is 0 Å². The smallest absolute Gasteiger partial charge is 0.268 e. The summed E-state index contributed by atoms with van der Waals surface area (Å²) in [4.78, 5) is 2.22. The molecule has 0 fully saturated rings. The Morgan fingerprint density at radius 2 is 2.30 bits per heavy atom. The van der Waals surface area contributed by atoms with Gasteiger partial charge in [0.2, 0.25) is 0 Å². The summed E-state index contributed by atoms with van der Waals surface area (Å²) in [6.45, 7) is 0. The topological polar surface area (TPSA) is 110 Å². The second kappa shape index (κ2) is 2.19. The first kappa shape index (κ1) is 6.89. The zero-order valence-electron chi connectivity index (χ0n) is 4.54. The predicted molar refractivity (Wildman–Crippen MR) is 28.7 cm³/mol. The first-order valence-electron chi connectivity index (χ1n) is 2.06. The standard InChI is InChI=1S/CH3N5O3S/c7-10(8,9)5-6-1-2-3-4-6/h1,5H,(H,7,8,9). The summed E-state index contributed by atoms with van der Waals surface area (Å²) in [5, 5.41) is 9.31. The molecule has 8 nitrogen and oxygen atoms in total. The van der Waals surface area contributed by atoms with Gasteiger partial charge in [-0.2, -0.15) is 13.2 Å². The van der Waals surface area contributed by atoms with Gasteiger partial charge in [0.15, 0.2) is 6.33 Å². The minimum absolute atomic E-state index is 0.648. The molecule has 0 aliphatic rings. The summed E-state index contributed by atoms with van der Waals surface area (Å²) in [6.07, 6.45) is 0.980. The number of nitrogens with one attached hydrogen (secondary N) is 1. The first-order chi connectivity index (χ1) is 4.58. The highest BCUT2D eigenvalue weighted by Gasteiger charge is 2.01. The van der Waals surface area contributed by atoms with Crippen molar-refractivity contribution in [3.63, 3.8) is 0 Å². The van der Waals surface area contributed by atoms with Crippen molar-refractivity contribution < 1.29 is 13.0 Å². The van der Waals surface area contributed by atoms with Gasteiger partial charge in [0.05, 0.1) is 0 Å². The van der Waals surface area contributed by atoms with E-state index in [4.69, 9.17) is 4.55 Å². The van der Waals surface area contributed by atoms with Crippen molar-refractivity contribution in [2.24, 2.45) is 0 Å². The first-order valence-corrected chi connectivity index (χ1v) is 3.50. The van der Waals surface area contributed by atoms with Crippen molar-refractivity contribution in [3.05, 3.63) is 6.33 Å². The van der Waals surface area contributed by atoms with Crippen molar-refractivity contribution >= 4 is 10.3 Å². The molecule has 0 aromatic carbocycles. The molecule has 1 aromatic heterocycles. The monoisotopic (exact) mass is 165 g/mol. The van der Waals surface area contributed by atoms with Crippen LogP contribution in [0, 0.1) is 0 Å². The van der Waals surface area contributed by atoms with Gasteiger partial charge in [0, 0.05) is 0 Å². The number of hydrogen-bond donors (Lipinski definition) is 2. The molecule has 56 valence electrons. The lowest BCUT2D eigenvalue weighted by atomic mass is 11.4. The summed E-state index contributed by atoms with van der Waals surface area (Å²) in [5.41, 5.74) is 0. The highest BCUT2D eigenvalue weighted by molar-refractivity contribution is 7.86. The minimum atomic E-state index is -4.28. The molecule has 0 saturated heterocycles. The Balaban J connectivity index is 2.75. The molecule has 1 heterocycles. The fourth-order valence-electron chi connectivity index (χ4n) is 0.321. The van der Waals surface area contributed by atoms with Crippen molar-refractivity contribution in [2.75, 3.05) is 4.83 Å². The molecule has 0 spiro atoms. The van der Waals surface area contributed by atoms with E-state index in [2.05, 4.69) is 15.5 Å². The largest absolute Gasteiger partial charge is 0.372 e. The lowest BCUT2D eigenvalue weighted by Gasteiger charge is -1.96. The van der Waals surface area contributed by atoms with Crippen molar-refractivity contribution in [1.29, 1.82) is 0 Å². The zero-order valence-corrected chi connectivity index (χ0v) is 5.35. The Hall–Kier alpha value is -1.22. The van der Waals surface area contributed by atoms with Crippen LogP contribution in [0.2, 0.25) is 0 Å². The Morgan fingerprint density at radius 3 is 2.70 bits per heavy atom. The molecule has 0 bridgehead atoms. The van der Waals surface area contributed by atoms with E-state index in [1.165, 1.54) is 0 Å². The molecule has 0 aliphatic carbocycles. The highest BCUT2D eigenvalue weighted by Crippen LogP contribution is 1.75. The Morgan fingerprint density at radius 1 is 1.60 bits per heavy atom. The van der Waals surface area contributed by atoms with Crippen LogP contribution in [-0.4, -0.2) is 33.3 Å². The van der Waals surface area contributed by atoms with Crippen LogP contribution in [0.25, 0.3) is 0 Å². The number of aromatic nitrogens is 4. The fourth-order valence-corrected chi connectivity index (χ4v) is 0.641. The highest BCUT2D eigenvalue weighted by atomic mass is 32.2. The summed E-state index contributed by atoms with van der Waals surface area (Å²) >= 11 is 0. The van der Waals surface area contributed by atoms with E-state index in [9.17, 15) is 8.42 Å². The predicted octanol–water partition coefficient (Wildman–Crippen LogP) is -1.98. The molecule has 10 heavy (non-hydrogen) atoms. The van der Waals surface area contributed by atoms with Gasteiger partial charge in [-0.1, -0.05) is 0 Å². The molecular formula is CH3N5O3S. The van der Waals surface area contributed by atoms with E-state index in [1.54, 1.807) is 4.83 Å². The van der Waals surface area contributed by atoms with Gasteiger partial charge in [0.25, 0.3) is 0 Å². The van der Waals surface area contributed by atoms with Crippen LogP contribution in [0.1, 0.15) is 0 Å². The molecule has 0 radical (unpaired) electrons. The normalized spacial score (nSPS) is 11.3. The number of nitrogens with zero attached hydrogens (tertiary/aromatic N) is 4. The average molecular weight is 165 g/mol. The quantitative estimate of drug-likeness (QED) is 0.491. The lowest BCUT2D eigenvalue weighted by Crippen LogP contribution is -2.22. The van der Waals surface area contributed by atoms with Crippen molar-refractivity contribution in [2.45, 2.75) is 0 Å². The third-order valence-electron chi connectivity index (χ3n) is 0.558. The van der Waals surface area contributed by atoms with Crippen molar-refractivity contribution in [3.8, 4) is 0 Å². The molecule has 1 aromatic rings. The SMILES string of the molecule is O=S(=O)(O)Nn1cnnn1. The van der Waals surface area contributed by atoms with E-state index in [-0.39, 0.29) is 0 Å².